The van der Waals surface area contributed by atoms with Crippen molar-refractivity contribution in [2.24, 2.45) is 5.92 Å². The van der Waals surface area contributed by atoms with E-state index in [0.717, 1.165) is 0 Å². The van der Waals surface area contributed by atoms with E-state index in [9.17, 15) is 9.90 Å². The Balaban J connectivity index is 2.32. The van der Waals surface area contributed by atoms with E-state index in [-0.39, 0.29) is 5.92 Å². The summed E-state index contributed by atoms with van der Waals surface area (Å²) in [6.07, 6.45) is 0.536. The number of carboxylic acid groups (broad SMARTS) is 1. The number of piperidine rings is 1. The van der Waals surface area contributed by atoms with Crippen LogP contribution in [0.4, 0.5) is 5.69 Å². The summed E-state index contributed by atoms with van der Waals surface area (Å²) >= 11 is 6.09. The van der Waals surface area contributed by atoms with Gasteiger partial charge in [-0.25, -0.2) is 4.79 Å². The lowest BCUT2D eigenvalue weighted by atomic mass is 9.79. The molecule has 2 unspecified atom stereocenters. The van der Waals surface area contributed by atoms with Crippen LogP contribution in [-0.2, 0) is 4.79 Å². The maximum absolute atomic E-state index is 11.7. The first-order valence-electron chi connectivity index (χ1n) is 6.03. The highest BCUT2D eigenvalue weighted by Gasteiger charge is 2.45. The second-order valence-corrected chi connectivity index (χ2v) is 5.14. The van der Waals surface area contributed by atoms with Gasteiger partial charge in [0.25, 0.3) is 0 Å². The molecule has 2 rings (SSSR count). The molecule has 18 heavy (non-hydrogen) atoms. The largest absolute Gasteiger partial charge is 0.479 e. The highest BCUT2D eigenvalue weighted by atomic mass is 35.5. The van der Waals surface area contributed by atoms with E-state index < -0.39 is 11.5 Å². The number of benzene rings is 1. The zero-order valence-corrected chi connectivity index (χ0v) is 11.0. The van der Waals surface area contributed by atoms with E-state index in [1.165, 1.54) is 0 Å². The average molecular weight is 269 g/mol. The van der Waals surface area contributed by atoms with E-state index in [2.05, 4.69) is 10.6 Å². The number of rotatable bonds is 3. The summed E-state index contributed by atoms with van der Waals surface area (Å²) in [4.78, 5) is 11.7. The maximum atomic E-state index is 11.7. The van der Waals surface area contributed by atoms with Gasteiger partial charge in [-0.2, -0.15) is 0 Å². The van der Waals surface area contributed by atoms with Crippen molar-refractivity contribution in [2.75, 3.05) is 18.4 Å². The normalized spacial score (nSPS) is 27.8. The number of hydrogen-bond donors (Lipinski definition) is 3. The Morgan fingerprint density at radius 2 is 2.28 bits per heavy atom. The second-order valence-electron chi connectivity index (χ2n) is 4.74. The minimum atomic E-state index is -0.948. The number of nitrogens with one attached hydrogen (secondary N) is 2. The fraction of sp³-hybridized carbons (Fsp3) is 0.462. The Morgan fingerprint density at radius 1 is 1.56 bits per heavy atom. The third-order valence-electron chi connectivity index (χ3n) is 3.60. The van der Waals surface area contributed by atoms with Crippen LogP contribution in [0.15, 0.2) is 24.3 Å². The summed E-state index contributed by atoms with van der Waals surface area (Å²) in [6.45, 7) is 3.31. The highest BCUT2D eigenvalue weighted by Crippen LogP contribution is 2.32. The van der Waals surface area contributed by atoms with Gasteiger partial charge in [-0.15, -0.1) is 0 Å². The van der Waals surface area contributed by atoms with Crippen molar-refractivity contribution in [3.8, 4) is 0 Å². The Hall–Kier alpha value is -1.26. The van der Waals surface area contributed by atoms with Crippen LogP contribution in [0.5, 0.6) is 0 Å². The first-order valence-corrected chi connectivity index (χ1v) is 6.41. The zero-order chi connectivity index (χ0) is 13.2. The molecule has 0 saturated carbocycles. The number of carbonyl (C=O) groups is 1. The molecule has 2 atom stereocenters. The number of carboxylic acids is 1. The summed E-state index contributed by atoms with van der Waals surface area (Å²) in [7, 11) is 0. The van der Waals surface area contributed by atoms with E-state index >= 15 is 0 Å². The average Bonchev–Trinajstić information content (AvgIpc) is 2.34. The lowest BCUT2D eigenvalue weighted by Gasteiger charge is -2.40. The van der Waals surface area contributed by atoms with Gasteiger partial charge in [-0.05, 0) is 25.1 Å². The summed E-state index contributed by atoms with van der Waals surface area (Å²) < 4.78 is 0. The minimum Gasteiger partial charge on any atom is -0.479 e. The van der Waals surface area contributed by atoms with Crippen LogP contribution in [0.2, 0.25) is 5.02 Å². The molecule has 1 fully saturated rings. The third-order valence-corrected chi connectivity index (χ3v) is 3.93. The molecule has 1 heterocycles. The molecule has 0 spiro atoms. The smallest absolute Gasteiger partial charge is 0.329 e. The molecule has 0 aliphatic carbocycles. The molecule has 5 heteroatoms. The Labute approximate surface area is 111 Å². The van der Waals surface area contributed by atoms with Gasteiger partial charge in [0.2, 0.25) is 0 Å². The van der Waals surface area contributed by atoms with Gasteiger partial charge < -0.3 is 15.7 Å². The molecule has 1 aromatic carbocycles. The standard InChI is InChI=1S/C13H17ClN2O2/c1-9-8-15-7-6-13(9,12(17)18)16-11-5-3-2-4-10(11)14/h2-5,9,15-16H,6-8H2,1H3,(H,17,18). The van der Waals surface area contributed by atoms with Crippen LogP contribution in [0, 0.1) is 5.92 Å². The summed E-state index contributed by atoms with van der Waals surface area (Å²) in [5.41, 5.74) is -0.272. The summed E-state index contributed by atoms with van der Waals surface area (Å²) in [6, 6.07) is 7.23. The van der Waals surface area contributed by atoms with Gasteiger partial charge in [0.05, 0.1) is 10.7 Å². The van der Waals surface area contributed by atoms with Crippen LogP contribution in [0.25, 0.3) is 0 Å². The first kappa shape index (κ1) is 13.2. The van der Waals surface area contributed by atoms with Gasteiger partial charge in [-0.1, -0.05) is 30.7 Å². The zero-order valence-electron chi connectivity index (χ0n) is 10.2. The second kappa shape index (κ2) is 5.16. The Bertz CT molecular complexity index is 452. The van der Waals surface area contributed by atoms with Crippen LogP contribution in [-0.4, -0.2) is 29.7 Å². The molecule has 3 N–H and O–H groups in total. The maximum Gasteiger partial charge on any atom is 0.329 e. The van der Waals surface area contributed by atoms with E-state index in [4.69, 9.17) is 11.6 Å². The fourth-order valence-electron chi connectivity index (χ4n) is 2.38. The molecule has 0 aromatic heterocycles. The fourth-order valence-corrected chi connectivity index (χ4v) is 2.57. The first-order chi connectivity index (χ1) is 8.56. The van der Waals surface area contributed by atoms with Crippen LogP contribution in [0.3, 0.4) is 0 Å². The third kappa shape index (κ3) is 2.31. The number of para-hydroxylation sites is 1. The quantitative estimate of drug-likeness (QED) is 0.787. The monoisotopic (exact) mass is 268 g/mol. The van der Waals surface area contributed by atoms with Crippen molar-refractivity contribution >= 4 is 23.3 Å². The van der Waals surface area contributed by atoms with E-state index in [0.29, 0.717) is 30.2 Å². The molecular formula is C13H17ClN2O2. The van der Waals surface area contributed by atoms with Crippen LogP contribution in [0.1, 0.15) is 13.3 Å². The molecule has 0 amide bonds. The molecular weight excluding hydrogens is 252 g/mol. The molecule has 1 aliphatic heterocycles. The molecule has 1 aromatic rings. The van der Waals surface area contributed by atoms with Crippen molar-refractivity contribution in [3.63, 3.8) is 0 Å². The van der Waals surface area contributed by atoms with E-state index in [1.54, 1.807) is 6.07 Å². The SMILES string of the molecule is CC1CNCCC1(Nc1ccccc1Cl)C(=O)O. The van der Waals surface area contributed by atoms with Crippen LogP contribution >= 0.6 is 11.6 Å². The van der Waals surface area contributed by atoms with Crippen LogP contribution < -0.4 is 10.6 Å². The molecule has 4 nitrogen and oxygen atoms in total. The number of halogens is 1. The van der Waals surface area contributed by atoms with Gasteiger partial charge in [0.1, 0.15) is 5.54 Å². The predicted molar refractivity (Wildman–Crippen MR) is 72.1 cm³/mol. The number of hydrogen-bond acceptors (Lipinski definition) is 3. The Kier molecular flexibility index (Phi) is 3.78. The van der Waals surface area contributed by atoms with Crippen molar-refractivity contribution < 1.29 is 9.90 Å². The number of aliphatic carboxylic acids is 1. The summed E-state index contributed by atoms with van der Waals surface area (Å²) in [5.74, 6) is -0.837. The van der Waals surface area contributed by atoms with Crippen molar-refractivity contribution in [1.29, 1.82) is 0 Å². The number of anilines is 1. The minimum absolute atomic E-state index is 0.0139. The van der Waals surface area contributed by atoms with E-state index in [1.807, 2.05) is 25.1 Å². The lowest BCUT2D eigenvalue weighted by molar-refractivity contribution is -0.145. The molecule has 98 valence electrons. The molecule has 0 bridgehead atoms. The van der Waals surface area contributed by atoms with Crippen molar-refractivity contribution in [2.45, 2.75) is 18.9 Å². The Morgan fingerprint density at radius 3 is 2.89 bits per heavy atom. The van der Waals surface area contributed by atoms with Gasteiger partial charge in [0, 0.05) is 12.5 Å². The van der Waals surface area contributed by atoms with Gasteiger partial charge in [0.15, 0.2) is 0 Å². The molecule has 1 saturated heterocycles. The van der Waals surface area contributed by atoms with Gasteiger partial charge >= 0.3 is 5.97 Å². The topological polar surface area (TPSA) is 61.4 Å². The highest BCUT2D eigenvalue weighted by molar-refractivity contribution is 6.33. The van der Waals surface area contributed by atoms with Gasteiger partial charge in [-0.3, -0.25) is 0 Å². The predicted octanol–water partition coefficient (Wildman–Crippen LogP) is 2.20. The van der Waals surface area contributed by atoms with Crippen molar-refractivity contribution in [1.82, 2.24) is 5.32 Å². The summed E-state index contributed by atoms with van der Waals surface area (Å²) in [5, 5.41) is 16.5. The molecule has 1 aliphatic rings. The lowest BCUT2D eigenvalue weighted by Crippen LogP contribution is -2.59. The molecule has 0 radical (unpaired) electrons. The van der Waals surface area contributed by atoms with Crippen molar-refractivity contribution in [3.05, 3.63) is 29.3 Å².